The Labute approximate surface area is 116 Å². The van der Waals surface area contributed by atoms with Gasteiger partial charge in [0.2, 0.25) is 0 Å². The van der Waals surface area contributed by atoms with Crippen LogP contribution >= 0.6 is 27.7 Å². The van der Waals surface area contributed by atoms with Crippen LogP contribution in [0.4, 0.5) is 4.39 Å². The zero-order valence-electron chi connectivity index (χ0n) is 10.5. The van der Waals surface area contributed by atoms with Gasteiger partial charge in [-0.25, -0.2) is 4.39 Å². The Morgan fingerprint density at radius 3 is 2.71 bits per heavy atom. The number of hydrogen-bond donors (Lipinski definition) is 1. The van der Waals surface area contributed by atoms with E-state index in [0.29, 0.717) is 5.92 Å². The van der Waals surface area contributed by atoms with E-state index in [1.54, 1.807) is 0 Å². The first kappa shape index (κ1) is 15.0. The van der Waals surface area contributed by atoms with Gasteiger partial charge >= 0.3 is 0 Å². The summed E-state index contributed by atoms with van der Waals surface area (Å²) in [5.41, 5.74) is 1.10. The number of benzene rings is 1. The molecule has 0 aromatic heterocycles. The highest BCUT2D eigenvalue weighted by Gasteiger charge is 2.10. The van der Waals surface area contributed by atoms with Crippen molar-refractivity contribution in [2.75, 3.05) is 18.6 Å². The van der Waals surface area contributed by atoms with Crippen LogP contribution in [0.15, 0.2) is 22.7 Å². The molecule has 17 heavy (non-hydrogen) atoms. The fraction of sp³-hybridized carbons (Fsp3) is 0.538. The molecule has 0 bridgehead atoms. The van der Waals surface area contributed by atoms with Gasteiger partial charge < -0.3 is 5.32 Å². The SMILES string of the molecule is CSCC(C)CNC(C)c1ccc(F)cc1Br. The molecule has 96 valence electrons. The molecular weight excluding hydrogens is 301 g/mol. The standard InChI is InChI=1S/C13H19BrFNS/c1-9(8-17-3)7-16-10(2)12-5-4-11(15)6-13(12)14/h4-6,9-10,16H,7-8H2,1-3H3. The first-order valence-electron chi connectivity index (χ1n) is 5.72. The fourth-order valence-electron chi connectivity index (χ4n) is 1.68. The van der Waals surface area contributed by atoms with Gasteiger partial charge in [-0.15, -0.1) is 0 Å². The van der Waals surface area contributed by atoms with Crippen LogP contribution in [0.5, 0.6) is 0 Å². The third-order valence-electron chi connectivity index (χ3n) is 2.65. The van der Waals surface area contributed by atoms with Crippen LogP contribution in [-0.4, -0.2) is 18.6 Å². The molecule has 0 fully saturated rings. The Balaban J connectivity index is 2.54. The van der Waals surface area contributed by atoms with E-state index in [4.69, 9.17) is 0 Å². The molecule has 2 unspecified atom stereocenters. The molecule has 0 aliphatic carbocycles. The highest BCUT2D eigenvalue weighted by atomic mass is 79.9. The minimum atomic E-state index is -0.205. The van der Waals surface area contributed by atoms with Gasteiger partial charge in [0.15, 0.2) is 0 Å². The third-order valence-corrected chi connectivity index (χ3v) is 4.24. The molecule has 1 N–H and O–H groups in total. The summed E-state index contributed by atoms with van der Waals surface area (Å²) in [6.07, 6.45) is 2.12. The summed E-state index contributed by atoms with van der Waals surface area (Å²) >= 11 is 5.26. The number of hydrogen-bond acceptors (Lipinski definition) is 2. The highest BCUT2D eigenvalue weighted by Crippen LogP contribution is 2.24. The second kappa shape index (κ2) is 7.39. The van der Waals surface area contributed by atoms with Crippen molar-refractivity contribution in [3.05, 3.63) is 34.1 Å². The maximum absolute atomic E-state index is 13.0. The average Bonchev–Trinajstić information content (AvgIpc) is 2.26. The molecule has 2 atom stereocenters. The molecule has 1 nitrogen and oxygen atoms in total. The lowest BCUT2D eigenvalue weighted by Gasteiger charge is -2.18. The first-order chi connectivity index (χ1) is 8.04. The molecule has 0 spiro atoms. The van der Waals surface area contributed by atoms with E-state index in [2.05, 4.69) is 41.3 Å². The number of rotatable bonds is 6. The summed E-state index contributed by atoms with van der Waals surface area (Å²) in [7, 11) is 0. The Hall–Kier alpha value is -0.0600. The normalized spacial score (nSPS) is 14.6. The summed E-state index contributed by atoms with van der Waals surface area (Å²) in [4.78, 5) is 0. The van der Waals surface area contributed by atoms with Crippen molar-refractivity contribution in [3.8, 4) is 0 Å². The number of nitrogens with one attached hydrogen (secondary N) is 1. The maximum atomic E-state index is 13.0. The molecule has 0 aliphatic heterocycles. The Morgan fingerprint density at radius 2 is 2.12 bits per heavy atom. The molecular formula is C13H19BrFNS. The second-order valence-corrected chi connectivity index (χ2v) is 6.12. The number of halogens is 2. The molecule has 0 heterocycles. The van der Waals surface area contributed by atoms with Gasteiger partial charge in [0, 0.05) is 10.5 Å². The van der Waals surface area contributed by atoms with E-state index < -0.39 is 0 Å². The Bertz CT molecular complexity index is 359. The smallest absolute Gasteiger partial charge is 0.124 e. The van der Waals surface area contributed by atoms with Crippen LogP contribution < -0.4 is 5.32 Å². The predicted molar refractivity (Wildman–Crippen MR) is 78.1 cm³/mol. The van der Waals surface area contributed by atoms with E-state index in [1.807, 2.05) is 17.8 Å². The van der Waals surface area contributed by atoms with Crippen molar-refractivity contribution < 1.29 is 4.39 Å². The molecule has 1 aromatic carbocycles. The van der Waals surface area contributed by atoms with Gasteiger partial charge in [-0.1, -0.05) is 28.9 Å². The van der Waals surface area contributed by atoms with E-state index >= 15 is 0 Å². The summed E-state index contributed by atoms with van der Waals surface area (Å²) in [6, 6.07) is 5.08. The molecule has 1 rings (SSSR count). The summed E-state index contributed by atoms with van der Waals surface area (Å²) in [6.45, 7) is 5.31. The minimum absolute atomic E-state index is 0.205. The highest BCUT2D eigenvalue weighted by molar-refractivity contribution is 9.10. The zero-order valence-corrected chi connectivity index (χ0v) is 12.9. The van der Waals surface area contributed by atoms with Crippen molar-refractivity contribution in [2.24, 2.45) is 5.92 Å². The average molecular weight is 320 g/mol. The largest absolute Gasteiger partial charge is 0.310 e. The van der Waals surface area contributed by atoms with Crippen molar-refractivity contribution in [2.45, 2.75) is 19.9 Å². The molecule has 0 saturated heterocycles. The van der Waals surface area contributed by atoms with Gasteiger partial charge in [0.1, 0.15) is 5.82 Å². The summed E-state index contributed by atoms with van der Waals surface area (Å²) < 4.78 is 13.8. The third kappa shape index (κ3) is 4.98. The topological polar surface area (TPSA) is 12.0 Å². The summed E-state index contributed by atoms with van der Waals surface area (Å²) in [5.74, 6) is 1.60. The van der Waals surface area contributed by atoms with Gasteiger partial charge in [0.05, 0.1) is 0 Å². The fourth-order valence-corrected chi connectivity index (χ4v) is 3.07. The van der Waals surface area contributed by atoms with E-state index in [1.165, 1.54) is 12.1 Å². The Morgan fingerprint density at radius 1 is 1.41 bits per heavy atom. The van der Waals surface area contributed by atoms with Gasteiger partial charge in [-0.05, 0) is 49.1 Å². The van der Waals surface area contributed by atoms with Crippen molar-refractivity contribution in [3.63, 3.8) is 0 Å². The maximum Gasteiger partial charge on any atom is 0.124 e. The molecule has 0 amide bonds. The van der Waals surface area contributed by atoms with E-state index in [9.17, 15) is 4.39 Å². The van der Waals surface area contributed by atoms with Gasteiger partial charge in [0.25, 0.3) is 0 Å². The van der Waals surface area contributed by atoms with Crippen LogP contribution in [0.3, 0.4) is 0 Å². The van der Waals surface area contributed by atoms with Crippen LogP contribution in [0.1, 0.15) is 25.5 Å². The van der Waals surface area contributed by atoms with Gasteiger partial charge in [-0.2, -0.15) is 11.8 Å². The first-order valence-corrected chi connectivity index (χ1v) is 7.90. The molecule has 0 aliphatic rings. The zero-order chi connectivity index (χ0) is 12.8. The van der Waals surface area contributed by atoms with Gasteiger partial charge in [-0.3, -0.25) is 0 Å². The van der Waals surface area contributed by atoms with E-state index in [-0.39, 0.29) is 11.9 Å². The monoisotopic (exact) mass is 319 g/mol. The molecule has 1 aromatic rings. The molecule has 0 saturated carbocycles. The van der Waals surface area contributed by atoms with Crippen molar-refractivity contribution >= 4 is 27.7 Å². The molecule has 4 heteroatoms. The predicted octanol–water partition coefficient (Wildman–Crippen LogP) is 4.24. The molecule has 0 radical (unpaired) electrons. The van der Waals surface area contributed by atoms with Crippen LogP contribution in [0, 0.1) is 11.7 Å². The Kier molecular flexibility index (Phi) is 6.52. The lowest BCUT2D eigenvalue weighted by atomic mass is 10.1. The van der Waals surface area contributed by atoms with Crippen LogP contribution in [0.2, 0.25) is 0 Å². The van der Waals surface area contributed by atoms with Crippen LogP contribution in [-0.2, 0) is 0 Å². The lowest BCUT2D eigenvalue weighted by molar-refractivity contribution is 0.499. The van der Waals surface area contributed by atoms with E-state index in [0.717, 1.165) is 22.3 Å². The van der Waals surface area contributed by atoms with Crippen molar-refractivity contribution in [1.82, 2.24) is 5.32 Å². The lowest BCUT2D eigenvalue weighted by Crippen LogP contribution is -2.25. The minimum Gasteiger partial charge on any atom is -0.310 e. The van der Waals surface area contributed by atoms with Crippen LogP contribution in [0.25, 0.3) is 0 Å². The van der Waals surface area contributed by atoms with Crippen molar-refractivity contribution in [1.29, 1.82) is 0 Å². The number of thioether (sulfide) groups is 1. The quantitative estimate of drug-likeness (QED) is 0.841. The second-order valence-electron chi connectivity index (χ2n) is 4.36. The summed E-state index contributed by atoms with van der Waals surface area (Å²) in [5, 5.41) is 3.48.